The Hall–Kier alpha value is -1.96. The van der Waals surface area contributed by atoms with Crippen molar-refractivity contribution >= 4 is 6.29 Å². The first kappa shape index (κ1) is 14.4. The Kier molecular flexibility index (Phi) is 3.76. The summed E-state index contributed by atoms with van der Waals surface area (Å²) < 4.78 is 13.6. The summed E-state index contributed by atoms with van der Waals surface area (Å²) in [6, 6.07) is 4.32. The van der Waals surface area contributed by atoms with Gasteiger partial charge in [-0.05, 0) is 91.8 Å². The van der Waals surface area contributed by atoms with E-state index in [4.69, 9.17) is 0 Å². The summed E-state index contributed by atoms with van der Waals surface area (Å²) in [5.74, 6) is -0.319. The van der Waals surface area contributed by atoms with E-state index in [0.29, 0.717) is 11.1 Å². The fraction of sp³-hybridized carbons (Fsp3) is 0.278. The molecule has 0 amide bonds. The molecule has 2 heteroatoms. The fourth-order valence-electron chi connectivity index (χ4n) is 2.75. The Labute approximate surface area is 119 Å². The van der Waals surface area contributed by atoms with Crippen LogP contribution in [0.1, 0.15) is 38.2 Å². The van der Waals surface area contributed by atoms with Crippen LogP contribution in [-0.4, -0.2) is 6.29 Å². The molecule has 20 heavy (non-hydrogen) atoms. The molecule has 0 radical (unpaired) electrons. The van der Waals surface area contributed by atoms with Gasteiger partial charge in [0.1, 0.15) is 5.82 Å². The van der Waals surface area contributed by atoms with Crippen molar-refractivity contribution in [2.75, 3.05) is 0 Å². The summed E-state index contributed by atoms with van der Waals surface area (Å²) in [4.78, 5) is 11.2. The summed E-state index contributed by atoms with van der Waals surface area (Å²) in [6.07, 6.45) is 0.790. The lowest BCUT2D eigenvalue weighted by atomic mass is 9.85. The first-order chi connectivity index (χ1) is 9.38. The molecule has 2 rings (SSSR count). The lowest BCUT2D eigenvalue weighted by molar-refractivity contribution is 0.112. The number of hydrogen-bond donors (Lipinski definition) is 0. The average molecular weight is 270 g/mol. The van der Waals surface area contributed by atoms with Crippen molar-refractivity contribution in [3.8, 4) is 11.1 Å². The van der Waals surface area contributed by atoms with E-state index in [0.717, 1.165) is 23.0 Å². The highest BCUT2D eigenvalue weighted by atomic mass is 19.1. The van der Waals surface area contributed by atoms with Gasteiger partial charge in [0.15, 0.2) is 6.29 Å². The van der Waals surface area contributed by atoms with E-state index in [-0.39, 0.29) is 5.82 Å². The number of benzene rings is 2. The van der Waals surface area contributed by atoms with Crippen LogP contribution in [0.4, 0.5) is 4.39 Å². The lowest BCUT2D eigenvalue weighted by Gasteiger charge is -2.20. The number of halogens is 1. The summed E-state index contributed by atoms with van der Waals surface area (Å²) >= 11 is 0. The monoisotopic (exact) mass is 270 g/mol. The van der Waals surface area contributed by atoms with Crippen molar-refractivity contribution in [3.63, 3.8) is 0 Å². The second kappa shape index (κ2) is 5.20. The smallest absolute Gasteiger partial charge is 0.150 e. The maximum absolute atomic E-state index is 13.6. The molecular weight excluding hydrogens is 251 g/mol. The first-order valence-electron chi connectivity index (χ1n) is 6.70. The predicted molar refractivity (Wildman–Crippen MR) is 80.9 cm³/mol. The molecule has 1 nitrogen and oxygen atoms in total. The van der Waals surface area contributed by atoms with Crippen LogP contribution in [0, 0.1) is 40.4 Å². The molecule has 0 aromatic heterocycles. The molecule has 0 aliphatic carbocycles. The molecule has 0 heterocycles. The quantitative estimate of drug-likeness (QED) is 0.713. The van der Waals surface area contributed by atoms with Gasteiger partial charge in [-0.15, -0.1) is 0 Å². The van der Waals surface area contributed by atoms with Gasteiger partial charge in [-0.25, -0.2) is 4.39 Å². The number of aldehydes is 1. The summed E-state index contributed by atoms with van der Waals surface area (Å²) in [5, 5.41) is 0. The third-order valence-corrected chi connectivity index (χ3v) is 4.41. The van der Waals surface area contributed by atoms with Gasteiger partial charge >= 0.3 is 0 Å². The topological polar surface area (TPSA) is 17.1 Å². The molecule has 2 aromatic carbocycles. The van der Waals surface area contributed by atoms with Crippen molar-refractivity contribution in [3.05, 3.63) is 57.4 Å². The van der Waals surface area contributed by atoms with Crippen molar-refractivity contribution in [2.24, 2.45) is 0 Å². The Morgan fingerprint density at radius 2 is 1.35 bits per heavy atom. The van der Waals surface area contributed by atoms with Crippen LogP contribution in [0.2, 0.25) is 0 Å². The standard InChI is InChI=1S/C18H19FO/c1-10-11(2)13(4)18(14(5)12(10)3)17-8-16(19)7-6-15(17)9-20/h6-9H,1-5H3. The highest BCUT2D eigenvalue weighted by Crippen LogP contribution is 2.35. The van der Waals surface area contributed by atoms with Gasteiger partial charge in [0.2, 0.25) is 0 Å². The van der Waals surface area contributed by atoms with Gasteiger partial charge in [0.25, 0.3) is 0 Å². The normalized spacial score (nSPS) is 10.7. The van der Waals surface area contributed by atoms with E-state index in [1.54, 1.807) is 6.07 Å². The maximum atomic E-state index is 13.6. The van der Waals surface area contributed by atoms with E-state index in [1.165, 1.54) is 28.8 Å². The second-order valence-corrected chi connectivity index (χ2v) is 5.35. The first-order valence-corrected chi connectivity index (χ1v) is 6.70. The highest BCUT2D eigenvalue weighted by Gasteiger charge is 2.16. The van der Waals surface area contributed by atoms with Gasteiger partial charge in [-0.2, -0.15) is 0 Å². The molecule has 0 spiro atoms. The summed E-state index contributed by atoms with van der Waals surface area (Å²) in [7, 11) is 0. The van der Waals surface area contributed by atoms with Gasteiger partial charge < -0.3 is 0 Å². The summed E-state index contributed by atoms with van der Waals surface area (Å²) in [5.41, 5.74) is 8.06. The minimum atomic E-state index is -0.319. The Morgan fingerprint density at radius 1 is 0.850 bits per heavy atom. The molecule has 0 aliphatic heterocycles. The van der Waals surface area contributed by atoms with E-state index in [2.05, 4.69) is 20.8 Å². The molecule has 0 saturated carbocycles. The maximum Gasteiger partial charge on any atom is 0.150 e. The van der Waals surface area contributed by atoms with Crippen molar-refractivity contribution in [1.29, 1.82) is 0 Å². The minimum Gasteiger partial charge on any atom is -0.298 e. The van der Waals surface area contributed by atoms with Crippen LogP contribution in [0.25, 0.3) is 11.1 Å². The molecule has 0 unspecified atom stereocenters. The molecule has 0 saturated heterocycles. The molecule has 2 aromatic rings. The van der Waals surface area contributed by atoms with Crippen molar-refractivity contribution in [2.45, 2.75) is 34.6 Å². The van der Waals surface area contributed by atoms with Gasteiger partial charge in [0.05, 0.1) is 0 Å². The third-order valence-electron chi connectivity index (χ3n) is 4.41. The van der Waals surface area contributed by atoms with E-state index >= 15 is 0 Å². The zero-order valence-electron chi connectivity index (χ0n) is 12.6. The highest BCUT2D eigenvalue weighted by molar-refractivity contribution is 5.90. The Balaban J connectivity index is 2.90. The van der Waals surface area contributed by atoms with Crippen LogP contribution in [0.5, 0.6) is 0 Å². The van der Waals surface area contributed by atoms with Crippen LogP contribution in [-0.2, 0) is 0 Å². The molecule has 0 N–H and O–H groups in total. The SMILES string of the molecule is Cc1c(C)c(C)c(-c2cc(F)ccc2C=O)c(C)c1C. The zero-order valence-corrected chi connectivity index (χ0v) is 12.6. The Morgan fingerprint density at radius 3 is 1.85 bits per heavy atom. The zero-order chi connectivity index (χ0) is 15.0. The van der Waals surface area contributed by atoms with E-state index in [1.807, 2.05) is 13.8 Å². The van der Waals surface area contributed by atoms with Crippen molar-refractivity contribution in [1.82, 2.24) is 0 Å². The Bertz CT molecular complexity index is 670. The third kappa shape index (κ3) is 2.15. The predicted octanol–water partition coefficient (Wildman–Crippen LogP) is 4.85. The number of hydrogen-bond acceptors (Lipinski definition) is 1. The van der Waals surface area contributed by atoms with Crippen LogP contribution in [0.3, 0.4) is 0 Å². The number of rotatable bonds is 2. The van der Waals surface area contributed by atoms with Gasteiger partial charge in [0, 0.05) is 5.56 Å². The molecule has 0 atom stereocenters. The van der Waals surface area contributed by atoms with Gasteiger partial charge in [-0.1, -0.05) is 0 Å². The molecule has 104 valence electrons. The second-order valence-electron chi connectivity index (χ2n) is 5.35. The van der Waals surface area contributed by atoms with Crippen LogP contribution >= 0.6 is 0 Å². The largest absolute Gasteiger partial charge is 0.298 e. The van der Waals surface area contributed by atoms with E-state index in [9.17, 15) is 9.18 Å². The number of carbonyl (C=O) groups excluding carboxylic acids is 1. The number of carbonyl (C=O) groups is 1. The average Bonchev–Trinajstić information content (AvgIpc) is 2.43. The lowest BCUT2D eigenvalue weighted by Crippen LogP contribution is -2.01. The van der Waals surface area contributed by atoms with Crippen molar-refractivity contribution < 1.29 is 9.18 Å². The van der Waals surface area contributed by atoms with Crippen LogP contribution in [0.15, 0.2) is 18.2 Å². The summed E-state index contributed by atoms with van der Waals surface area (Å²) in [6.45, 7) is 10.3. The van der Waals surface area contributed by atoms with E-state index < -0.39 is 0 Å². The molecular formula is C18H19FO. The van der Waals surface area contributed by atoms with Crippen LogP contribution < -0.4 is 0 Å². The fourth-order valence-corrected chi connectivity index (χ4v) is 2.75. The van der Waals surface area contributed by atoms with Gasteiger partial charge in [-0.3, -0.25) is 4.79 Å². The molecule has 0 fully saturated rings. The molecule has 0 aliphatic rings. The molecule has 0 bridgehead atoms. The minimum absolute atomic E-state index is 0.319.